The number of halogens is 1. The topological polar surface area (TPSA) is 70.7 Å². The molecule has 0 bridgehead atoms. The SMILES string of the molecule is COCCNC(=O)C1(F)CCN(C(=O)NC2CCCCC2)CC1. The van der Waals surface area contributed by atoms with Gasteiger partial charge in [0, 0.05) is 45.6 Å². The molecule has 0 atom stereocenters. The van der Waals surface area contributed by atoms with Crippen molar-refractivity contribution >= 4 is 11.9 Å². The number of nitrogens with zero attached hydrogens (tertiary/aromatic N) is 1. The Kier molecular flexibility index (Phi) is 6.62. The minimum Gasteiger partial charge on any atom is -0.383 e. The van der Waals surface area contributed by atoms with Crippen LogP contribution < -0.4 is 10.6 Å². The molecule has 7 heteroatoms. The average molecular weight is 329 g/mol. The first-order valence-corrected chi connectivity index (χ1v) is 8.57. The van der Waals surface area contributed by atoms with Crippen molar-refractivity contribution in [3.05, 3.63) is 0 Å². The number of carbonyl (C=O) groups is 2. The number of amides is 3. The van der Waals surface area contributed by atoms with E-state index >= 15 is 0 Å². The molecule has 1 saturated carbocycles. The third-order valence-electron chi connectivity index (χ3n) is 4.77. The van der Waals surface area contributed by atoms with E-state index in [4.69, 9.17) is 4.74 Å². The van der Waals surface area contributed by atoms with Gasteiger partial charge in [-0.3, -0.25) is 4.79 Å². The molecule has 0 aromatic rings. The van der Waals surface area contributed by atoms with Crippen LogP contribution >= 0.6 is 0 Å². The Bertz CT molecular complexity index is 405. The maximum Gasteiger partial charge on any atom is 0.317 e. The molecule has 0 spiro atoms. The van der Waals surface area contributed by atoms with Gasteiger partial charge in [0.05, 0.1) is 6.61 Å². The quantitative estimate of drug-likeness (QED) is 0.753. The molecule has 0 aromatic heterocycles. The zero-order valence-corrected chi connectivity index (χ0v) is 13.9. The lowest BCUT2D eigenvalue weighted by Crippen LogP contribution is -2.55. The summed E-state index contributed by atoms with van der Waals surface area (Å²) in [5, 5.41) is 5.58. The van der Waals surface area contributed by atoms with Crippen LogP contribution in [0.1, 0.15) is 44.9 Å². The Morgan fingerprint density at radius 3 is 2.48 bits per heavy atom. The van der Waals surface area contributed by atoms with Crippen molar-refractivity contribution in [3.8, 4) is 0 Å². The monoisotopic (exact) mass is 329 g/mol. The van der Waals surface area contributed by atoms with Crippen LogP contribution in [0.3, 0.4) is 0 Å². The maximum atomic E-state index is 14.7. The van der Waals surface area contributed by atoms with Gasteiger partial charge < -0.3 is 20.3 Å². The van der Waals surface area contributed by atoms with Gasteiger partial charge in [-0.25, -0.2) is 9.18 Å². The van der Waals surface area contributed by atoms with E-state index in [0.29, 0.717) is 13.2 Å². The Labute approximate surface area is 137 Å². The lowest BCUT2D eigenvalue weighted by Gasteiger charge is -2.36. The molecule has 1 aliphatic carbocycles. The maximum absolute atomic E-state index is 14.7. The summed E-state index contributed by atoms with van der Waals surface area (Å²) in [6.45, 7) is 1.20. The van der Waals surface area contributed by atoms with Crippen LogP contribution in [-0.4, -0.2) is 61.9 Å². The minimum atomic E-state index is -1.88. The number of likely N-dealkylation sites (tertiary alicyclic amines) is 1. The second-order valence-corrected chi connectivity index (χ2v) is 6.49. The molecule has 2 N–H and O–H groups in total. The molecule has 23 heavy (non-hydrogen) atoms. The van der Waals surface area contributed by atoms with Gasteiger partial charge in [-0.15, -0.1) is 0 Å². The third-order valence-corrected chi connectivity index (χ3v) is 4.77. The predicted molar refractivity (Wildman–Crippen MR) is 84.9 cm³/mol. The van der Waals surface area contributed by atoms with Crippen molar-refractivity contribution in [1.29, 1.82) is 0 Å². The van der Waals surface area contributed by atoms with Crippen LogP contribution in [0.5, 0.6) is 0 Å². The summed E-state index contributed by atoms with van der Waals surface area (Å²) in [4.78, 5) is 25.8. The molecule has 2 fully saturated rings. The van der Waals surface area contributed by atoms with Crippen LogP contribution in [0.25, 0.3) is 0 Å². The molecule has 1 heterocycles. The fourth-order valence-electron chi connectivity index (χ4n) is 3.23. The highest BCUT2D eigenvalue weighted by atomic mass is 19.1. The zero-order chi connectivity index (χ0) is 16.7. The van der Waals surface area contributed by atoms with Gasteiger partial charge in [0.1, 0.15) is 0 Å². The number of carbonyl (C=O) groups excluding carboxylic acids is 2. The molecule has 2 rings (SSSR count). The van der Waals surface area contributed by atoms with Crippen molar-refractivity contribution in [2.45, 2.75) is 56.7 Å². The normalized spacial score (nSPS) is 21.7. The number of ether oxygens (including phenoxy) is 1. The highest BCUT2D eigenvalue weighted by Gasteiger charge is 2.42. The summed E-state index contributed by atoms with van der Waals surface area (Å²) < 4.78 is 19.5. The first-order chi connectivity index (χ1) is 11.0. The second kappa shape index (κ2) is 8.47. The van der Waals surface area contributed by atoms with Crippen LogP contribution in [0.15, 0.2) is 0 Å². The smallest absolute Gasteiger partial charge is 0.317 e. The average Bonchev–Trinajstić information content (AvgIpc) is 2.56. The number of rotatable bonds is 5. The standard InChI is InChI=1S/C16H28FN3O3/c1-23-12-9-18-14(21)16(17)7-10-20(11-8-16)15(22)19-13-5-3-2-4-6-13/h13H,2-12H2,1H3,(H,18,21)(H,19,22). The van der Waals surface area contributed by atoms with Crippen LogP contribution in [-0.2, 0) is 9.53 Å². The molecule has 2 aliphatic rings. The van der Waals surface area contributed by atoms with Gasteiger partial charge in [-0.05, 0) is 12.8 Å². The zero-order valence-electron chi connectivity index (χ0n) is 13.9. The fraction of sp³-hybridized carbons (Fsp3) is 0.875. The summed E-state index contributed by atoms with van der Waals surface area (Å²) in [6.07, 6.45) is 5.68. The van der Waals surface area contributed by atoms with Crippen LogP contribution in [0, 0.1) is 0 Å². The highest BCUT2D eigenvalue weighted by molar-refractivity contribution is 5.85. The number of hydrogen-bond acceptors (Lipinski definition) is 3. The number of piperidine rings is 1. The molecule has 0 aromatic carbocycles. The molecule has 1 aliphatic heterocycles. The van der Waals surface area contributed by atoms with Gasteiger partial charge in [0.2, 0.25) is 0 Å². The summed E-state index contributed by atoms with van der Waals surface area (Å²) >= 11 is 0. The molecular formula is C16H28FN3O3. The van der Waals surface area contributed by atoms with Crippen LogP contribution in [0.4, 0.5) is 9.18 Å². The Balaban J connectivity index is 1.75. The van der Waals surface area contributed by atoms with Gasteiger partial charge in [0.25, 0.3) is 5.91 Å². The van der Waals surface area contributed by atoms with E-state index in [1.54, 1.807) is 4.90 Å². The van der Waals surface area contributed by atoms with Gasteiger partial charge in [-0.1, -0.05) is 19.3 Å². The van der Waals surface area contributed by atoms with Crippen LogP contribution in [0.2, 0.25) is 0 Å². The first-order valence-electron chi connectivity index (χ1n) is 8.57. The van der Waals surface area contributed by atoms with Crippen molar-refractivity contribution in [1.82, 2.24) is 15.5 Å². The summed E-state index contributed by atoms with van der Waals surface area (Å²) in [5.74, 6) is -0.595. The van der Waals surface area contributed by atoms with Crippen molar-refractivity contribution in [3.63, 3.8) is 0 Å². The number of urea groups is 1. The molecule has 0 radical (unpaired) electrons. The lowest BCUT2D eigenvalue weighted by molar-refractivity contribution is -0.135. The largest absolute Gasteiger partial charge is 0.383 e. The molecule has 6 nitrogen and oxygen atoms in total. The molecule has 1 saturated heterocycles. The Hall–Kier alpha value is -1.37. The van der Waals surface area contributed by atoms with Gasteiger partial charge in [-0.2, -0.15) is 0 Å². The lowest BCUT2D eigenvalue weighted by atomic mass is 9.92. The third kappa shape index (κ3) is 5.06. The number of methoxy groups -OCH3 is 1. The van der Waals surface area contributed by atoms with Crippen molar-refractivity contribution < 1.29 is 18.7 Å². The van der Waals surface area contributed by atoms with Crippen molar-refractivity contribution in [2.75, 3.05) is 33.4 Å². The van der Waals surface area contributed by atoms with Crippen molar-refractivity contribution in [2.24, 2.45) is 0 Å². The number of nitrogens with one attached hydrogen (secondary N) is 2. The summed E-state index contributed by atoms with van der Waals surface area (Å²) in [6, 6.07) is 0.115. The number of hydrogen-bond donors (Lipinski definition) is 2. The van der Waals surface area contributed by atoms with Gasteiger partial charge in [0.15, 0.2) is 5.67 Å². The number of alkyl halides is 1. The Morgan fingerprint density at radius 1 is 1.22 bits per heavy atom. The second-order valence-electron chi connectivity index (χ2n) is 6.49. The van der Waals surface area contributed by atoms with E-state index in [1.165, 1.54) is 13.5 Å². The predicted octanol–water partition coefficient (Wildman–Crippen LogP) is 1.60. The van der Waals surface area contributed by atoms with E-state index in [-0.39, 0.29) is 38.0 Å². The molecule has 3 amide bonds. The summed E-state index contributed by atoms with van der Waals surface area (Å²) in [7, 11) is 1.53. The van der Waals surface area contributed by atoms with E-state index in [0.717, 1.165) is 25.7 Å². The van der Waals surface area contributed by atoms with Gasteiger partial charge >= 0.3 is 6.03 Å². The van der Waals surface area contributed by atoms with E-state index in [2.05, 4.69) is 10.6 Å². The molecule has 132 valence electrons. The highest BCUT2D eigenvalue weighted by Crippen LogP contribution is 2.27. The molecular weight excluding hydrogens is 301 g/mol. The minimum absolute atomic E-state index is 0.0455. The van der Waals surface area contributed by atoms with E-state index in [1.807, 2.05) is 0 Å². The van der Waals surface area contributed by atoms with E-state index < -0.39 is 11.6 Å². The first kappa shape index (κ1) is 18.0. The molecule has 0 unspecified atom stereocenters. The fourth-order valence-corrected chi connectivity index (χ4v) is 3.23. The van der Waals surface area contributed by atoms with E-state index in [9.17, 15) is 14.0 Å². The Morgan fingerprint density at radius 2 is 1.87 bits per heavy atom. The summed E-state index contributed by atoms with van der Waals surface area (Å²) in [5.41, 5.74) is -1.88.